The number of benzene rings is 4. The molecule has 0 bridgehead atoms. The van der Waals surface area contributed by atoms with Crippen LogP contribution >= 0.6 is 11.3 Å². The van der Waals surface area contributed by atoms with Crippen LogP contribution in [0.15, 0.2) is 89.9 Å². The lowest BCUT2D eigenvalue weighted by atomic mass is 9.87. The standard InChI is InChI=1S/C43H41N7O2S/c1-42(2,3)28-11-17-31(18-12-28)51-35-21-27(23-44)33(22-36(35)52-32-19-13-29(14-20-32)43(4,5)6)39-48-38(46)37-34(24-45)40(53-41(37)49-39)47-25-26-9-15-30(16-10-26)50(7)8/h9-22,25H,1-8H3,(H2,46,48,49)/b47-25+. The van der Waals surface area contributed by atoms with Crippen molar-refractivity contribution in [1.29, 1.82) is 10.5 Å². The molecule has 266 valence electrons. The van der Waals surface area contributed by atoms with Crippen molar-refractivity contribution in [2.75, 3.05) is 24.7 Å². The summed E-state index contributed by atoms with van der Waals surface area (Å²) in [7, 11) is 3.96. The normalized spacial score (nSPS) is 11.7. The van der Waals surface area contributed by atoms with Gasteiger partial charge in [-0.15, -0.1) is 0 Å². The van der Waals surface area contributed by atoms with Crippen molar-refractivity contribution in [3.8, 4) is 46.5 Å². The fourth-order valence-electron chi connectivity index (χ4n) is 5.62. The number of rotatable bonds is 8. The zero-order valence-corrected chi connectivity index (χ0v) is 32.0. The van der Waals surface area contributed by atoms with Crippen LogP contribution < -0.4 is 20.1 Å². The molecule has 10 heteroatoms. The maximum absolute atomic E-state index is 10.4. The number of hydrogen-bond donors (Lipinski definition) is 1. The first-order valence-corrected chi connectivity index (χ1v) is 17.9. The minimum Gasteiger partial charge on any atom is -0.453 e. The number of aromatic nitrogens is 2. The maximum Gasteiger partial charge on any atom is 0.171 e. The van der Waals surface area contributed by atoms with Crippen molar-refractivity contribution < 1.29 is 9.47 Å². The number of nitrogens with two attached hydrogens (primary N) is 1. The minimum absolute atomic E-state index is 0.0213. The minimum atomic E-state index is -0.0283. The van der Waals surface area contributed by atoms with E-state index in [4.69, 9.17) is 20.2 Å². The van der Waals surface area contributed by atoms with Crippen LogP contribution in [0.1, 0.15) is 69.4 Å². The number of hydrogen-bond acceptors (Lipinski definition) is 10. The highest BCUT2D eigenvalue weighted by Gasteiger charge is 2.23. The van der Waals surface area contributed by atoms with E-state index in [-0.39, 0.29) is 28.0 Å². The zero-order valence-electron chi connectivity index (χ0n) is 31.1. The Morgan fingerprint density at radius 2 is 1.30 bits per heavy atom. The second-order valence-corrected chi connectivity index (χ2v) is 15.9. The van der Waals surface area contributed by atoms with E-state index < -0.39 is 0 Å². The highest BCUT2D eigenvalue weighted by atomic mass is 32.1. The number of thiophene rings is 1. The van der Waals surface area contributed by atoms with E-state index in [1.54, 1.807) is 18.3 Å². The second-order valence-electron chi connectivity index (χ2n) is 15.0. The average molecular weight is 720 g/mol. The topological polar surface area (TPSA) is 133 Å². The first kappa shape index (κ1) is 36.6. The molecule has 0 aliphatic rings. The Hall–Kier alpha value is -6.23. The number of nitrogens with zero attached hydrogens (tertiary/aromatic N) is 6. The van der Waals surface area contributed by atoms with Gasteiger partial charge in [-0.25, -0.2) is 15.0 Å². The Kier molecular flexibility index (Phi) is 9.94. The molecule has 6 rings (SSSR count). The first-order valence-electron chi connectivity index (χ1n) is 17.1. The molecule has 6 aromatic rings. The summed E-state index contributed by atoms with van der Waals surface area (Å²) in [5, 5.41) is 21.4. The van der Waals surface area contributed by atoms with Crippen LogP contribution in [-0.4, -0.2) is 30.3 Å². The van der Waals surface area contributed by atoms with Gasteiger partial charge in [-0.2, -0.15) is 10.5 Å². The van der Waals surface area contributed by atoms with Gasteiger partial charge in [0.15, 0.2) is 17.3 Å². The van der Waals surface area contributed by atoms with Crippen molar-refractivity contribution in [3.63, 3.8) is 0 Å². The van der Waals surface area contributed by atoms with Gasteiger partial charge in [0, 0.05) is 37.6 Å². The quantitative estimate of drug-likeness (QED) is 0.154. The summed E-state index contributed by atoms with van der Waals surface area (Å²) in [4.78, 5) is 16.5. The third kappa shape index (κ3) is 7.99. The average Bonchev–Trinajstić information content (AvgIpc) is 3.49. The molecule has 53 heavy (non-hydrogen) atoms. The van der Waals surface area contributed by atoms with Crippen molar-refractivity contribution in [3.05, 3.63) is 113 Å². The number of nitriles is 2. The largest absolute Gasteiger partial charge is 0.453 e. The van der Waals surface area contributed by atoms with Gasteiger partial charge in [0.2, 0.25) is 0 Å². The molecule has 0 saturated carbocycles. The lowest BCUT2D eigenvalue weighted by molar-refractivity contribution is 0.418. The maximum atomic E-state index is 10.4. The van der Waals surface area contributed by atoms with Crippen LogP contribution in [-0.2, 0) is 10.8 Å². The third-order valence-corrected chi connectivity index (χ3v) is 9.75. The Bertz CT molecular complexity index is 2400. The van der Waals surface area contributed by atoms with Crippen LogP contribution in [0.2, 0.25) is 0 Å². The molecule has 0 spiro atoms. The van der Waals surface area contributed by atoms with Gasteiger partial charge in [-0.05, 0) is 70.0 Å². The van der Waals surface area contributed by atoms with E-state index in [9.17, 15) is 10.5 Å². The third-order valence-electron chi connectivity index (χ3n) is 8.75. The molecule has 2 N–H and O–H groups in total. The SMILES string of the molecule is CN(C)c1ccc(/C=N/c2sc3nc(-c4cc(Oc5ccc(C(C)(C)C)cc5)c(Oc5ccc(C(C)(C)C)cc5)cc4C#N)nc(N)c3c2C#N)cc1. The van der Waals surface area contributed by atoms with E-state index in [1.807, 2.05) is 91.8 Å². The Morgan fingerprint density at radius 3 is 1.79 bits per heavy atom. The summed E-state index contributed by atoms with van der Waals surface area (Å²) >= 11 is 1.23. The molecule has 0 radical (unpaired) electrons. The van der Waals surface area contributed by atoms with Crippen molar-refractivity contribution in [2.24, 2.45) is 4.99 Å². The molecule has 0 unspecified atom stereocenters. The molecule has 4 aromatic carbocycles. The first-order chi connectivity index (χ1) is 25.1. The predicted molar refractivity (Wildman–Crippen MR) is 215 cm³/mol. The van der Waals surface area contributed by atoms with Gasteiger partial charge in [0.1, 0.15) is 44.9 Å². The highest BCUT2D eigenvalue weighted by molar-refractivity contribution is 7.22. The number of fused-ring (bicyclic) bond motifs is 1. The van der Waals surface area contributed by atoms with Gasteiger partial charge in [-0.3, -0.25) is 0 Å². The monoisotopic (exact) mass is 719 g/mol. The Balaban J connectivity index is 1.42. The van der Waals surface area contributed by atoms with Gasteiger partial charge >= 0.3 is 0 Å². The number of nitrogen functional groups attached to an aromatic ring is 1. The molecular formula is C43H41N7O2S. The summed E-state index contributed by atoms with van der Waals surface area (Å²) in [6.45, 7) is 12.9. The molecule has 0 aliphatic carbocycles. The highest BCUT2D eigenvalue weighted by Crippen LogP contribution is 2.43. The van der Waals surface area contributed by atoms with Crippen LogP contribution in [0.5, 0.6) is 23.0 Å². The summed E-state index contributed by atoms with van der Waals surface area (Å²) in [5.74, 6) is 2.21. The molecule has 0 aliphatic heterocycles. The smallest absolute Gasteiger partial charge is 0.171 e. The molecular weight excluding hydrogens is 679 g/mol. The Labute approximate surface area is 314 Å². The fraction of sp³-hybridized carbons (Fsp3) is 0.233. The van der Waals surface area contributed by atoms with Gasteiger partial charge in [-0.1, -0.05) is 89.3 Å². The summed E-state index contributed by atoms with van der Waals surface area (Å²) in [6.07, 6.45) is 1.70. The number of ether oxygens (including phenoxy) is 2. The molecule has 0 atom stereocenters. The second kappa shape index (κ2) is 14.4. The molecule has 0 fully saturated rings. The number of aliphatic imine (C=N–C) groups is 1. The lowest BCUT2D eigenvalue weighted by Gasteiger charge is -2.20. The zero-order chi connectivity index (χ0) is 38.1. The molecule has 0 saturated heterocycles. The predicted octanol–water partition coefficient (Wildman–Crippen LogP) is 10.7. The van der Waals surface area contributed by atoms with E-state index in [2.05, 4.69) is 63.7 Å². The van der Waals surface area contributed by atoms with Crippen LogP contribution in [0.3, 0.4) is 0 Å². The van der Waals surface area contributed by atoms with E-state index in [1.165, 1.54) is 16.9 Å². The van der Waals surface area contributed by atoms with Crippen LogP contribution in [0.4, 0.5) is 16.5 Å². The van der Waals surface area contributed by atoms with E-state index in [0.29, 0.717) is 49.3 Å². The molecule has 9 nitrogen and oxygen atoms in total. The lowest BCUT2D eigenvalue weighted by Crippen LogP contribution is -2.10. The van der Waals surface area contributed by atoms with E-state index in [0.717, 1.165) is 16.8 Å². The summed E-state index contributed by atoms with van der Waals surface area (Å²) < 4.78 is 12.8. The molecule has 2 heterocycles. The van der Waals surface area contributed by atoms with E-state index >= 15 is 0 Å². The molecule has 0 amide bonds. The van der Waals surface area contributed by atoms with Crippen LogP contribution in [0.25, 0.3) is 21.6 Å². The molecule has 2 aromatic heterocycles. The van der Waals surface area contributed by atoms with Crippen molar-refractivity contribution >= 4 is 44.3 Å². The number of anilines is 2. The van der Waals surface area contributed by atoms with Gasteiger partial charge in [0.25, 0.3) is 0 Å². The van der Waals surface area contributed by atoms with Crippen molar-refractivity contribution in [2.45, 2.75) is 52.4 Å². The van der Waals surface area contributed by atoms with Crippen molar-refractivity contribution in [1.82, 2.24) is 9.97 Å². The summed E-state index contributed by atoms with van der Waals surface area (Å²) in [5.41, 5.74) is 11.7. The fourth-order valence-corrected chi connectivity index (χ4v) is 6.60. The Morgan fingerprint density at radius 1 is 0.755 bits per heavy atom. The summed E-state index contributed by atoms with van der Waals surface area (Å²) in [6, 6.07) is 31.5. The van der Waals surface area contributed by atoms with Gasteiger partial charge in [0.05, 0.1) is 10.9 Å². The van der Waals surface area contributed by atoms with Gasteiger partial charge < -0.3 is 20.1 Å². The van der Waals surface area contributed by atoms with Crippen LogP contribution in [0, 0.1) is 22.7 Å².